The number of allylic oxidation sites excluding steroid dienone is 2. The predicted octanol–water partition coefficient (Wildman–Crippen LogP) is 6.85. The summed E-state index contributed by atoms with van der Waals surface area (Å²) in [5.74, 6) is 1.47. The van der Waals surface area contributed by atoms with Crippen LogP contribution in [0, 0.1) is 6.92 Å². The Morgan fingerprint density at radius 2 is 1.72 bits per heavy atom. The highest BCUT2D eigenvalue weighted by Gasteiger charge is 2.20. The Balaban J connectivity index is 1.73. The van der Waals surface area contributed by atoms with E-state index in [4.69, 9.17) is 9.47 Å². The van der Waals surface area contributed by atoms with Crippen LogP contribution in [0.15, 0.2) is 95.4 Å². The van der Waals surface area contributed by atoms with E-state index >= 15 is 0 Å². The average Bonchev–Trinajstić information content (AvgIpc) is 3.32. The number of aryl methyl sites for hydroxylation is 1. The maximum Gasteiger partial charge on any atom is 0.268 e. The summed E-state index contributed by atoms with van der Waals surface area (Å²) in [5, 5.41) is 0.812. The molecule has 0 amide bonds. The fourth-order valence-electron chi connectivity index (χ4n) is 4.05. The first-order valence-corrected chi connectivity index (χ1v) is 14.0. The molecule has 0 bridgehead atoms. The first-order valence-electron chi connectivity index (χ1n) is 11.4. The number of rotatable bonds is 9. The second-order valence-electron chi connectivity index (χ2n) is 8.34. The monoisotopic (exact) mass is 519 g/mol. The molecule has 0 radical (unpaired) electrons. The summed E-state index contributed by atoms with van der Waals surface area (Å²) < 4.78 is 39.3. The zero-order valence-electron chi connectivity index (χ0n) is 20.8. The quantitative estimate of drug-likeness (QED) is 0.227. The van der Waals surface area contributed by atoms with Gasteiger partial charge in [-0.25, -0.2) is 12.4 Å². The Labute approximate surface area is 217 Å². The van der Waals surface area contributed by atoms with E-state index in [0.717, 1.165) is 38.3 Å². The van der Waals surface area contributed by atoms with Gasteiger partial charge in [0.2, 0.25) is 0 Å². The molecule has 0 spiro atoms. The molecule has 0 aliphatic carbocycles. The summed E-state index contributed by atoms with van der Waals surface area (Å²) in [5.41, 5.74) is 4.39. The fraction of sp³-hybridized carbons (Fsp3) is 0.172. The van der Waals surface area contributed by atoms with Crippen molar-refractivity contribution in [2.45, 2.75) is 18.2 Å². The Bertz CT molecular complexity index is 1550. The van der Waals surface area contributed by atoms with Crippen LogP contribution in [0.4, 0.5) is 0 Å². The summed E-state index contributed by atoms with van der Waals surface area (Å²) in [7, 11) is -0.411. The molecule has 36 heavy (non-hydrogen) atoms. The van der Waals surface area contributed by atoms with E-state index in [9.17, 15) is 8.42 Å². The Hall–Kier alpha value is -3.42. The van der Waals surface area contributed by atoms with Crippen LogP contribution in [0.1, 0.15) is 11.1 Å². The van der Waals surface area contributed by atoms with Gasteiger partial charge in [-0.05, 0) is 72.5 Å². The molecule has 5 nitrogen and oxygen atoms in total. The summed E-state index contributed by atoms with van der Waals surface area (Å²) in [4.78, 5) is 1.24. The number of nitrogens with zero attached hydrogens (tertiary/aromatic N) is 1. The topological polar surface area (TPSA) is 57.5 Å². The van der Waals surface area contributed by atoms with Crippen molar-refractivity contribution in [3.05, 3.63) is 102 Å². The molecule has 0 unspecified atom stereocenters. The van der Waals surface area contributed by atoms with Crippen LogP contribution in [-0.4, -0.2) is 32.9 Å². The van der Waals surface area contributed by atoms with Gasteiger partial charge in [-0.2, -0.15) is 0 Å². The number of thioether (sulfide) groups is 1. The molecule has 0 saturated heterocycles. The van der Waals surface area contributed by atoms with E-state index < -0.39 is 10.0 Å². The van der Waals surface area contributed by atoms with Crippen LogP contribution in [0.3, 0.4) is 0 Å². The molecule has 1 aromatic heterocycles. The van der Waals surface area contributed by atoms with E-state index in [2.05, 4.69) is 12.7 Å². The molecule has 4 aromatic rings. The Kier molecular flexibility index (Phi) is 7.62. The standard InChI is InChI=1S/C29H29NO4S2/c1-20-9-12-25(13-10-20)36(31,32)30-16-15-23-17-22(11-14-27(23)30)26-19-28(33-3)24(18-29(26)34-4)8-6-7-21(2)35-5/h6-7,9-19H,2,8H2,1,3-5H3. The van der Waals surface area contributed by atoms with Crippen molar-refractivity contribution in [2.75, 3.05) is 20.5 Å². The highest BCUT2D eigenvalue weighted by Crippen LogP contribution is 2.38. The molecule has 186 valence electrons. The van der Waals surface area contributed by atoms with Crippen molar-refractivity contribution in [1.82, 2.24) is 3.97 Å². The number of ether oxygens (including phenoxy) is 2. The minimum atomic E-state index is -3.70. The van der Waals surface area contributed by atoms with E-state index in [0.29, 0.717) is 17.7 Å². The molecule has 0 N–H and O–H groups in total. The number of methoxy groups -OCH3 is 2. The number of aromatic nitrogens is 1. The smallest absolute Gasteiger partial charge is 0.268 e. The van der Waals surface area contributed by atoms with Gasteiger partial charge < -0.3 is 9.47 Å². The van der Waals surface area contributed by atoms with Crippen molar-refractivity contribution in [3.8, 4) is 22.6 Å². The second kappa shape index (κ2) is 10.7. The summed E-state index contributed by atoms with van der Waals surface area (Å²) in [6, 6.07) is 18.3. The molecule has 7 heteroatoms. The van der Waals surface area contributed by atoms with Crippen LogP contribution < -0.4 is 9.47 Å². The first-order chi connectivity index (χ1) is 17.3. The molecule has 3 aromatic carbocycles. The zero-order chi connectivity index (χ0) is 25.9. The van der Waals surface area contributed by atoms with Gasteiger partial charge in [0.1, 0.15) is 11.5 Å². The van der Waals surface area contributed by atoms with E-state index in [1.165, 1.54) is 3.97 Å². The van der Waals surface area contributed by atoms with Gasteiger partial charge in [0.05, 0.1) is 24.6 Å². The number of hydrogen-bond donors (Lipinski definition) is 0. The van der Waals surface area contributed by atoms with Crippen LogP contribution in [-0.2, 0) is 16.4 Å². The third-order valence-electron chi connectivity index (χ3n) is 6.05. The number of fused-ring (bicyclic) bond motifs is 1. The molecule has 0 atom stereocenters. The minimum absolute atomic E-state index is 0.256. The molecule has 0 aliphatic heterocycles. The lowest BCUT2D eigenvalue weighted by atomic mass is 9.99. The maximum absolute atomic E-state index is 13.3. The van der Waals surface area contributed by atoms with E-state index in [1.54, 1.807) is 56.4 Å². The van der Waals surface area contributed by atoms with Crippen molar-refractivity contribution < 1.29 is 17.9 Å². The highest BCUT2D eigenvalue weighted by molar-refractivity contribution is 8.02. The summed E-state index contributed by atoms with van der Waals surface area (Å²) >= 11 is 1.60. The van der Waals surface area contributed by atoms with Gasteiger partial charge in [-0.1, -0.05) is 42.5 Å². The largest absolute Gasteiger partial charge is 0.496 e. The van der Waals surface area contributed by atoms with Gasteiger partial charge >= 0.3 is 0 Å². The van der Waals surface area contributed by atoms with Gasteiger partial charge in [0, 0.05) is 22.7 Å². The first kappa shape index (κ1) is 25.7. The molecular formula is C29H29NO4S2. The lowest BCUT2D eigenvalue weighted by molar-refractivity contribution is 0.401. The number of hydrogen-bond acceptors (Lipinski definition) is 5. The Morgan fingerprint density at radius 1 is 1.00 bits per heavy atom. The fourth-order valence-corrected chi connectivity index (χ4v) is 5.64. The summed E-state index contributed by atoms with van der Waals surface area (Å²) in [6.45, 7) is 5.91. The van der Waals surface area contributed by atoms with Crippen LogP contribution >= 0.6 is 11.8 Å². The SMILES string of the molecule is C=C(C=CCc1cc(OC)c(-c2ccc3c(ccn3S(=O)(=O)c3ccc(C)cc3)c2)cc1OC)SC. The normalized spacial score (nSPS) is 11.8. The van der Waals surface area contributed by atoms with Crippen molar-refractivity contribution in [2.24, 2.45) is 0 Å². The highest BCUT2D eigenvalue weighted by atomic mass is 32.2. The van der Waals surface area contributed by atoms with Crippen molar-refractivity contribution in [1.29, 1.82) is 0 Å². The third kappa shape index (κ3) is 5.08. The van der Waals surface area contributed by atoms with Crippen LogP contribution in [0.2, 0.25) is 0 Å². The van der Waals surface area contributed by atoms with Gasteiger partial charge in [0.15, 0.2) is 0 Å². The minimum Gasteiger partial charge on any atom is -0.496 e. The number of benzene rings is 3. The maximum atomic E-state index is 13.3. The molecule has 4 rings (SSSR count). The van der Waals surface area contributed by atoms with Gasteiger partial charge in [0.25, 0.3) is 10.0 Å². The molecule has 0 saturated carbocycles. The molecule has 0 fully saturated rings. The second-order valence-corrected chi connectivity index (χ2v) is 11.1. The zero-order valence-corrected chi connectivity index (χ0v) is 22.4. The lowest BCUT2D eigenvalue weighted by Gasteiger charge is -2.15. The van der Waals surface area contributed by atoms with E-state index in [-0.39, 0.29) is 4.90 Å². The average molecular weight is 520 g/mol. The van der Waals surface area contributed by atoms with Crippen LogP contribution in [0.5, 0.6) is 11.5 Å². The van der Waals surface area contributed by atoms with Crippen LogP contribution in [0.25, 0.3) is 22.0 Å². The van der Waals surface area contributed by atoms with Gasteiger partial charge in [-0.15, -0.1) is 11.8 Å². The van der Waals surface area contributed by atoms with Gasteiger partial charge in [-0.3, -0.25) is 0 Å². The molecule has 1 heterocycles. The van der Waals surface area contributed by atoms with E-state index in [1.807, 2.05) is 55.7 Å². The third-order valence-corrected chi connectivity index (χ3v) is 8.41. The Morgan fingerprint density at radius 3 is 2.39 bits per heavy atom. The lowest BCUT2D eigenvalue weighted by Crippen LogP contribution is -2.11. The van der Waals surface area contributed by atoms with Crippen molar-refractivity contribution >= 4 is 32.7 Å². The molecular weight excluding hydrogens is 490 g/mol. The summed E-state index contributed by atoms with van der Waals surface area (Å²) in [6.07, 6.45) is 8.32. The predicted molar refractivity (Wildman–Crippen MR) is 150 cm³/mol. The van der Waals surface area contributed by atoms with Crippen molar-refractivity contribution in [3.63, 3.8) is 0 Å². The molecule has 0 aliphatic rings.